The van der Waals surface area contributed by atoms with Crippen molar-refractivity contribution in [3.05, 3.63) is 94.5 Å². The van der Waals surface area contributed by atoms with Crippen molar-refractivity contribution in [1.82, 2.24) is 0 Å². The van der Waals surface area contributed by atoms with E-state index in [4.69, 9.17) is 33.2 Å². The summed E-state index contributed by atoms with van der Waals surface area (Å²) in [4.78, 5) is 48.8. The van der Waals surface area contributed by atoms with Crippen LogP contribution >= 0.6 is 0 Å². The number of rotatable bonds is 11. The number of hydrogen-bond acceptors (Lipinski definition) is 11. The number of hydrogen-bond donors (Lipinski definition) is 0. The minimum atomic E-state index is -2.02. The predicted octanol–water partition coefficient (Wildman–Crippen LogP) is 4.90. The molecule has 3 aromatic carbocycles. The molecule has 0 saturated carbocycles. The largest absolute Gasteiger partial charge is 0.490 e. The second-order valence-electron chi connectivity index (χ2n) is 12.0. The molecule has 0 spiro atoms. The molecule has 2 aliphatic heterocycles. The molecule has 3 aromatic rings. The molecule has 48 heavy (non-hydrogen) atoms. The van der Waals surface area contributed by atoms with E-state index in [-0.39, 0.29) is 19.1 Å². The van der Waals surface area contributed by atoms with Crippen molar-refractivity contribution in [2.45, 2.75) is 84.1 Å². The number of ether oxygens (including phenoxy) is 7. The first-order valence-electron chi connectivity index (χ1n) is 15.8. The molecule has 0 aromatic heterocycles. The number of fused-ring (bicyclic) bond motifs is 1. The zero-order valence-corrected chi connectivity index (χ0v) is 27.7. The summed E-state index contributed by atoms with van der Waals surface area (Å²) < 4.78 is 40.7. The number of para-hydroxylation sites is 1. The van der Waals surface area contributed by atoms with Crippen LogP contribution in [0.5, 0.6) is 11.5 Å². The van der Waals surface area contributed by atoms with Crippen LogP contribution in [0.15, 0.2) is 66.7 Å². The summed E-state index contributed by atoms with van der Waals surface area (Å²) in [5.41, 5.74) is 4.34. The molecule has 2 heterocycles. The predicted molar refractivity (Wildman–Crippen MR) is 171 cm³/mol. The van der Waals surface area contributed by atoms with Crippen LogP contribution in [0.4, 0.5) is 0 Å². The molecule has 11 heteroatoms. The van der Waals surface area contributed by atoms with Crippen LogP contribution in [-0.2, 0) is 61.5 Å². The first kappa shape index (κ1) is 34.4. The Morgan fingerprint density at radius 3 is 2.21 bits per heavy atom. The van der Waals surface area contributed by atoms with Gasteiger partial charge in [0.25, 0.3) is 5.79 Å². The molecule has 0 radical (unpaired) electrons. The van der Waals surface area contributed by atoms with Gasteiger partial charge in [0.05, 0.1) is 0 Å². The Morgan fingerprint density at radius 2 is 1.54 bits per heavy atom. The number of carbonyl (C=O) groups is 4. The van der Waals surface area contributed by atoms with E-state index in [0.29, 0.717) is 24.3 Å². The lowest BCUT2D eigenvalue weighted by molar-refractivity contribution is -0.340. The lowest BCUT2D eigenvalue weighted by Gasteiger charge is -2.47. The fraction of sp³-hybridized carbons (Fsp3) is 0.405. The van der Waals surface area contributed by atoms with Crippen LogP contribution in [-0.4, -0.2) is 61.5 Å². The Hall–Kier alpha value is -4.90. The molecule has 1 fully saturated rings. The third-order valence-electron chi connectivity index (χ3n) is 8.15. The van der Waals surface area contributed by atoms with Gasteiger partial charge in [-0.25, -0.2) is 0 Å². The Bertz CT molecular complexity index is 1620. The topological polar surface area (TPSA) is 133 Å². The van der Waals surface area contributed by atoms with Crippen molar-refractivity contribution in [3.63, 3.8) is 0 Å². The molecule has 0 bridgehead atoms. The third-order valence-corrected chi connectivity index (χ3v) is 8.15. The number of esters is 4. The molecule has 5 atom stereocenters. The molecule has 5 rings (SSSR count). The summed E-state index contributed by atoms with van der Waals surface area (Å²) in [5, 5.41) is 0. The first-order chi connectivity index (χ1) is 22.9. The zero-order valence-electron chi connectivity index (χ0n) is 27.7. The van der Waals surface area contributed by atoms with E-state index in [1.165, 1.54) is 33.3 Å². The maximum Gasteiger partial charge on any atom is 0.305 e. The van der Waals surface area contributed by atoms with E-state index in [0.717, 1.165) is 28.9 Å². The molecule has 2 unspecified atom stereocenters. The fourth-order valence-corrected chi connectivity index (χ4v) is 6.08. The van der Waals surface area contributed by atoms with Gasteiger partial charge >= 0.3 is 23.9 Å². The average Bonchev–Trinajstić information content (AvgIpc) is 3.45. The van der Waals surface area contributed by atoms with Gasteiger partial charge in [0.2, 0.25) is 6.10 Å². The van der Waals surface area contributed by atoms with Crippen LogP contribution < -0.4 is 9.47 Å². The highest BCUT2D eigenvalue weighted by atomic mass is 16.8. The van der Waals surface area contributed by atoms with Gasteiger partial charge in [-0.15, -0.1) is 0 Å². The minimum Gasteiger partial charge on any atom is -0.490 e. The van der Waals surface area contributed by atoms with E-state index in [2.05, 4.69) is 6.07 Å². The van der Waals surface area contributed by atoms with Crippen LogP contribution in [0, 0.1) is 6.92 Å². The highest BCUT2D eigenvalue weighted by Crippen LogP contribution is 2.43. The zero-order chi connectivity index (χ0) is 34.4. The van der Waals surface area contributed by atoms with Crippen LogP contribution in [0.1, 0.15) is 61.9 Å². The standard InChI is InChI=1S/C37H40O11/c1-22-10-13-30(17-29(22)16-27-11-14-31(15-12-27)43-20-32-18-28-8-6-7-9-34(28)46-32)37(47-26(5)41)36(45-25(4)40)35(44-24(3)39)19-33(48-37)21-42-23(2)38/h6-15,17,32-33,35-36H,16,18-21H2,1-5H3/t32?,33-,35-,36+,37?/m1/s1. The molecule has 11 nitrogen and oxygen atoms in total. The van der Waals surface area contributed by atoms with Gasteiger partial charge in [0.1, 0.15) is 43.0 Å². The van der Waals surface area contributed by atoms with Crippen molar-refractivity contribution >= 4 is 23.9 Å². The average molecular weight is 661 g/mol. The molecule has 1 saturated heterocycles. The normalized spacial score (nSPS) is 22.9. The van der Waals surface area contributed by atoms with Gasteiger partial charge in [-0.05, 0) is 59.9 Å². The van der Waals surface area contributed by atoms with E-state index < -0.39 is 48.0 Å². The van der Waals surface area contributed by atoms with Crippen molar-refractivity contribution in [3.8, 4) is 11.5 Å². The maximum atomic E-state index is 12.6. The summed E-state index contributed by atoms with van der Waals surface area (Å²) in [6.07, 6.45) is -2.05. The quantitative estimate of drug-likeness (QED) is 0.205. The number of benzene rings is 3. The highest BCUT2D eigenvalue weighted by molar-refractivity contribution is 5.69. The fourth-order valence-electron chi connectivity index (χ4n) is 6.08. The van der Waals surface area contributed by atoms with E-state index in [1.54, 1.807) is 6.07 Å². The monoisotopic (exact) mass is 660 g/mol. The van der Waals surface area contributed by atoms with Crippen molar-refractivity contribution in [2.75, 3.05) is 13.2 Å². The van der Waals surface area contributed by atoms with Gasteiger partial charge in [0, 0.05) is 46.1 Å². The summed E-state index contributed by atoms with van der Waals surface area (Å²) in [6, 6.07) is 21.1. The summed E-state index contributed by atoms with van der Waals surface area (Å²) >= 11 is 0. The summed E-state index contributed by atoms with van der Waals surface area (Å²) in [7, 11) is 0. The molecule has 254 valence electrons. The van der Waals surface area contributed by atoms with E-state index >= 15 is 0 Å². The lowest BCUT2D eigenvalue weighted by Crippen LogP contribution is -2.61. The minimum absolute atomic E-state index is 0.0146. The lowest BCUT2D eigenvalue weighted by atomic mass is 9.87. The molecule has 2 aliphatic rings. The Balaban J connectivity index is 1.40. The number of aryl methyl sites for hydroxylation is 1. The Kier molecular flexibility index (Phi) is 10.7. The van der Waals surface area contributed by atoms with Crippen molar-refractivity contribution < 1.29 is 52.3 Å². The smallest absolute Gasteiger partial charge is 0.305 e. The van der Waals surface area contributed by atoms with Gasteiger partial charge in [0.15, 0.2) is 0 Å². The third kappa shape index (κ3) is 8.32. The second kappa shape index (κ2) is 14.9. The van der Waals surface area contributed by atoms with Crippen LogP contribution in [0.3, 0.4) is 0 Å². The highest BCUT2D eigenvalue weighted by Gasteiger charge is 2.58. The van der Waals surface area contributed by atoms with Gasteiger partial charge < -0.3 is 33.2 Å². The van der Waals surface area contributed by atoms with Gasteiger partial charge in [-0.2, -0.15) is 0 Å². The molecular formula is C37H40O11. The van der Waals surface area contributed by atoms with Crippen LogP contribution in [0.2, 0.25) is 0 Å². The second-order valence-corrected chi connectivity index (χ2v) is 12.0. The molecular weight excluding hydrogens is 620 g/mol. The van der Waals surface area contributed by atoms with Crippen molar-refractivity contribution in [1.29, 1.82) is 0 Å². The Labute approximate surface area is 279 Å². The van der Waals surface area contributed by atoms with Crippen molar-refractivity contribution in [2.24, 2.45) is 0 Å². The number of carbonyl (C=O) groups excluding carboxylic acids is 4. The molecule has 0 amide bonds. The molecule has 0 N–H and O–H groups in total. The maximum absolute atomic E-state index is 12.6. The first-order valence-corrected chi connectivity index (χ1v) is 15.8. The van der Waals surface area contributed by atoms with E-state index in [1.807, 2.05) is 61.5 Å². The van der Waals surface area contributed by atoms with E-state index in [9.17, 15) is 19.2 Å². The summed E-state index contributed by atoms with van der Waals surface area (Å²) in [6.45, 7) is 7.02. The molecule has 0 aliphatic carbocycles. The van der Waals surface area contributed by atoms with Gasteiger partial charge in [-0.3, -0.25) is 19.2 Å². The van der Waals surface area contributed by atoms with Gasteiger partial charge in [-0.1, -0.05) is 42.5 Å². The van der Waals surface area contributed by atoms with Crippen LogP contribution in [0.25, 0.3) is 0 Å². The Morgan fingerprint density at radius 1 is 0.812 bits per heavy atom. The SMILES string of the molecule is CC(=O)OC[C@H]1C[C@@H](OC(C)=O)[C@H](OC(C)=O)C(OC(C)=O)(c2ccc(C)c(Cc3ccc(OCC4Cc5ccccc5O4)cc3)c2)O1. The summed E-state index contributed by atoms with van der Waals surface area (Å²) in [5.74, 6) is -3.03.